The third-order valence-electron chi connectivity index (χ3n) is 5.38. The van der Waals surface area contributed by atoms with Crippen LogP contribution in [-0.4, -0.2) is 18.6 Å². The van der Waals surface area contributed by atoms with Gasteiger partial charge in [-0.15, -0.1) is 0 Å². The van der Waals surface area contributed by atoms with Gasteiger partial charge in [0.15, 0.2) is 0 Å². The van der Waals surface area contributed by atoms with Gasteiger partial charge in [-0.2, -0.15) is 0 Å². The average molecular weight is 252 g/mol. The molecular formula is C16H32N2. The van der Waals surface area contributed by atoms with E-state index in [4.69, 9.17) is 5.73 Å². The van der Waals surface area contributed by atoms with Crippen molar-refractivity contribution in [3.05, 3.63) is 0 Å². The normalized spacial score (nSPS) is 34.5. The SMILES string of the molecule is CCCC1CCC(CN)(NCC(C)C2CC2)CC1. The summed E-state index contributed by atoms with van der Waals surface area (Å²) in [7, 11) is 0. The molecule has 0 aliphatic heterocycles. The van der Waals surface area contributed by atoms with Crippen LogP contribution in [0.15, 0.2) is 0 Å². The quantitative estimate of drug-likeness (QED) is 0.729. The maximum atomic E-state index is 6.07. The van der Waals surface area contributed by atoms with E-state index in [0.29, 0.717) is 0 Å². The van der Waals surface area contributed by atoms with Gasteiger partial charge in [-0.1, -0.05) is 26.7 Å². The molecule has 1 unspecified atom stereocenters. The molecule has 1 atom stereocenters. The minimum absolute atomic E-state index is 0.271. The third kappa shape index (κ3) is 3.71. The highest BCUT2D eigenvalue weighted by molar-refractivity contribution is 4.95. The molecule has 2 aliphatic carbocycles. The molecule has 0 aromatic carbocycles. The van der Waals surface area contributed by atoms with E-state index >= 15 is 0 Å². The predicted molar refractivity (Wildman–Crippen MR) is 78.5 cm³/mol. The summed E-state index contributed by atoms with van der Waals surface area (Å²) in [5, 5.41) is 3.84. The van der Waals surface area contributed by atoms with Gasteiger partial charge >= 0.3 is 0 Å². The summed E-state index contributed by atoms with van der Waals surface area (Å²) in [4.78, 5) is 0. The molecule has 0 radical (unpaired) electrons. The molecule has 0 heterocycles. The summed E-state index contributed by atoms with van der Waals surface area (Å²) >= 11 is 0. The van der Waals surface area contributed by atoms with Gasteiger partial charge in [-0.3, -0.25) is 0 Å². The molecule has 3 N–H and O–H groups in total. The first-order valence-corrected chi connectivity index (χ1v) is 8.14. The Kier molecular flexibility index (Phi) is 5.08. The van der Waals surface area contributed by atoms with Gasteiger partial charge in [0.05, 0.1) is 0 Å². The van der Waals surface area contributed by atoms with Crippen LogP contribution in [0, 0.1) is 17.8 Å². The van der Waals surface area contributed by atoms with Gasteiger partial charge in [-0.25, -0.2) is 0 Å². The third-order valence-corrected chi connectivity index (χ3v) is 5.38. The van der Waals surface area contributed by atoms with Crippen molar-refractivity contribution in [2.24, 2.45) is 23.5 Å². The van der Waals surface area contributed by atoms with Crippen molar-refractivity contribution in [2.75, 3.05) is 13.1 Å². The van der Waals surface area contributed by atoms with E-state index in [1.807, 2.05) is 0 Å². The monoisotopic (exact) mass is 252 g/mol. The number of hydrogen-bond acceptors (Lipinski definition) is 2. The van der Waals surface area contributed by atoms with Gasteiger partial charge in [-0.05, 0) is 62.8 Å². The Morgan fingerprint density at radius 2 is 1.89 bits per heavy atom. The van der Waals surface area contributed by atoms with Crippen LogP contribution in [0.25, 0.3) is 0 Å². The van der Waals surface area contributed by atoms with Crippen molar-refractivity contribution in [3.8, 4) is 0 Å². The topological polar surface area (TPSA) is 38.0 Å². The fourth-order valence-electron chi connectivity index (χ4n) is 3.59. The molecule has 2 aliphatic rings. The lowest BCUT2D eigenvalue weighted by Gasteiger charge is -2.41. The molecular weight excluding hydrogens is 220 g/mol. The molecule has 0 aromatic heterocycles. The molecule has 2 nitrogen and oxygen atoms in total. The second kappa shape index (κ2) is 6.38. The molecule has 2 saturated carbocycles. The first kappa shape index (κ1) is 14.3. The van der Waals surface area contributed by atoms with Crippen molar-refractivity contribution in [1.29, 1.82) is 0 Å². The van der Waals surface area contributed by atoms with E-state index in [2.05, 4.69) is 19.2 Å². The lowest BCUT2D eigenvalue weighted by molar-refractivity contribution is 0.179. The second-order valence-corrected chi connectivity index (χ2v) is 6.91. The Balaban J connectivity index is 1.76. The van der Waals surface area contributed by atoms with Crippen LogP contribution in [0.2, 0.25) is 0 Å². The Bertz CT molecular complexity index is 239. The summed E-state index contributed by atoms with van der Waals surface area (Å²) in [5.74, 6) is 2.82. The highest BCUT2D eigenvalue weighted by Gasteiger charge is 2.35. The summed E-state index contributed by atoms with van der Waals surface area (Å²) in [6.45, 7) is 6.71. The van der Waals surface area contributed by atoms with Gasteiger partial charge in [0.1, 0.15) is 0 Å². The average Bonchev–Trinajstić information content (AvgIpc) is 3.23. The molecule has 2 heteroatoms. The van der Waals surface area contributed by atoms with Crippen LogP contribution in [0.5, 0.6) is 0 Å². The van der Waals surface area contributed by atoms with Gasteiger partial charge in [0.2, 0.25) is 0 Å². The Hall–Kier alpha value is -0.0800. The van der Waals surface area contributed by atoms with E-state index in [0.717, 1.165) is 24.3 Å². The maximum absolute atomic E-state index is 6.07. The summed E-state index contributed by atoms with van der Waals surface area (Å²) in [5.41, 5.74) is 6.34. The lowest BCUT2D eigenvalue weighted by atomic mass is 9.75. The van der Waals surface area contributed by atoms with Crippen LogP contribution in [0.4, 0.5) is 0 Å². The van der Waals surface area contributed by atoms with E-state index in [9.17, 15) is 0 Å². The molecule has 0 aromatic rings. The molecule has 2 fully saturated rings. The fraction of sp³-hybridized carbons (Fsp3) is 1.00. The van der Waals surface area contributed by atoms with Crippen molar-refractivity contribution >= 4 is 0 Å². The van der Waals surface area contributed by atoms with E-state index in [1.165, 1.54) is 57.9 Å². The van der Waals surface area contributed by atoms with Crippen molar-refractivity contribution < 1.29 is 0 Å². The van der Waals surface area contributed by atoms with Crippen LogP contribution in [0.1, 0.15) is 65.2 Å². The first-order valence-electron chi connectivity index (χ1n) is 8.14. The minimum Gasteiger partial charge on any atom is -0.329 e. The molecule has 106 valence electrons. The fourth-order valence-corrected chi connectivity index (χ4v) is 3.59. The van der Waals surface area contributed by atoms with Gasteiger partial charge < -0.3 is 11.1 Å². The highest BCUT2D eigenvalue weighted by Crippen LogP contribution is 2.38. The largest absolute Gasteiger partial charge is 0.329 e. The van der Waals surface area contributed by atoms with Crippen molar-refractivity contribution in [3.63, 3.8) is 0 Å². The molecule has 0 bridgehead atoms. The Morgan fingerprint density at radius 3 is 2.39 bits per heavy atom. The summed E-state index contributed by atoms with van der Waals surface area (Å²) in [6, 6.07) is 0. The standard InChI is InChI=1S/C16H32N2/c1-3-4-14-7-9-16(12-17,10-8-14)18-11-13(2)15-5-6-15/h13-15,18H,3-12,17H2,1-2H3. The van der Waals surface area contributed by atoms with Crippen molar-refractivity contribution in [2.45, 2.75) is 70.8 Å². The predicted octanol–water partition coefficient (Wildman–Crippen LogP) is 3.31. The zero-order valence-electron chi connectivity index (χ0n) is 12.4. The van der Waals surface area contributed by atoms with Crippen molar-refractivity contribution in [1.82, 2.24) is 5.32 Å². The van der Waals surface area contributed by atoms with Crippen LogP contribution in [-0.2, 0) is 0 Å². The summed E-state index contributed by atoms with van der Waals surface area (Å²) < 4.78 is 0. The summed E-state index contributed by atoms with van der Waals surface area (Å²) in [6.07, 6.45) is 11.0. The molecule has 0 spiro atoms. The van der Waals surface area contributed by atoms with Gasteiger partial charge in [0, 0.05) is 12.1 Å². The molecule has 0 saturated heterocycles. The van der Waals surface area contributed by atoms with Crippen LogP contribution in [0.3, 0.4) is 0 Å². The smallest absolute Gasteiger partial charge is 0.0304 e. The lowest BCUT2D eigenvalue weighted by Crippen LogP contribution is -2.54. The first-order chi connectivity index (χ1) is 8.69. The number of rotatable bonds is 7. The second-order valence-electron chi connectivity index (χ2n) is 6.91. The molecule has 2 rings (SSSR count). The zero-order valence-corrected chi connectivity index (χ0v) is 12.4. The Morgan fingerprint density at radius 1 is 1.22 bits per heavy atom. The van der Waals surface area contributed by atoms with Crippen LogP contribution < -0.4 is 11.1 Å². The maximum Gasteiger partial charge on any atom is 0.0304 e. The zero-order chi connectivity index (χ0) is 13.0. The minimum atomic E-state index is 0.271. The van der Waals surface area contributed by atoms with Crippen LogP contribution >= 0.6 is 0 Å². The van der Waals surface area contributed by atoms with E-state index in [-0.39, 0.29) is 5.54 Å². The number of nitrogens with two attached hydrogens (primary N) is 1. The molecule has 0 amide bonds. The van der Waals surface area contributed by atoms with Gasteiger partial charge in [0.25, 0.3) is 0 Å². The van der Waals surface area contributed by atoms with E-state index < -0.39 is 0 Å². The Labute approximate surface area is 113 Å². The molecule has 18 heavy (non-hydrogen) atoms. The number of nitrogens with one attached hydrogen (secondary N) is 1. The number of hydrogen-bond donors (Lipinski definition) is 2. The van der Waals surface area contributed by atoms with E-state index in [1.54, 1.807) is 0 Å². The highest BCUT2D eigenvalue weighted by atomic mass is 15.0.